The molecule has 150 valence electrons. The van der Waals surface area contributed by atoms with Crippen LogP contribution in [0.15, 0.2) is 18.2 Å². The summed E-state index contributed by atoms with van der Waals surface area (Å²) in [4.78, 5) is 19.8. The Hall–Kier alpha value is -2.28. The Morgan fingerprint density at radius 3 is 2.79 bits per heavy atom. The molecule has 7 heteroatoms. The highest BCUT2D eigenvalue weighted by Crippen LogP contribution is 2.54. The molecular formula is C21H28N4O3. The third-order valence-corrected chi connectivity index (χ3v) is 6.36. The lowest BCUT2D eigenvalue weighted by molar-refractivity contribution is 0.122. The minimum absolute atomic E-state index is 0.152. The van der Waals surface area contributed by atoms with Gasteiger partial charge in [-0.25, -0.2) is 9.36 Å². The Labute approximate surface area is 165 Å². The number of aromatic nitrogens is 2. The monoisotopic (exact) mass is 384 g/mol. The topological polar surface area (TPSA) is 68.6 Å². The number of carbonyl (C=O) groups is 1. The van der Waals surface area contributed by atoms with Crippen molar-refractivity contribution in [2.24, 2.45) is 11.3 Å². The Morgan fingerprint density at radius 1 is 1.32 bits per heavy atom. The second-order valence-electron chi connectivity index (χ2n) is 8.51. The fourth-order valence-corrected chi connectivity index (χ4v) is 4.30. The molecule has 1 amide bonds. The first-order valence-corrected chi connectivity index (χ1v) is 10.3. The molecule has 1 aromatic carbocycles. The largest absolute Gasteiger partial charge is 0.468 e. The number of nitrogens with one attached hydrogen (secondary N) is 1. The van der Waals surface area contributed by atoms with Crippen molar-refractivity contribution >= 4 is 22.8 Å². The zero-order valence-corrected chi connectivity index (χ0v) is 16.4. The molecule has 3 fully saturated rings. The third kappa shape index (κ3) is 3.43. The van der Waals surface area contributed by atoms with E-state index >= 15 is 0 Å². The number of rotatable bonds is 6. The van der Waals surface area contributed by atoms with Gasteiger partial charge in [-0.05, 0) is 48.8 Å². The molecule has 2 aliphatic carbocycles. The Kier molecular flexibility index (Phi) is 4.42. The Balaban J connectivity index is 1.39. The normalized spacial score (nSPS) is 21.0. The van der Waals surface area contributed by atoms with Gasteiger partial charge in [-0.15, -0.1) is 0 Å². The number of carbonyl (C=O) groups excluding carboxylic acids is 1. The number of nitrogens with zero attached hydrogens (tertiary/aromatic N) is 3. The van der Waals surface area contributed by atoms with Crippen molar-refractivity contribution in [2.45, 2.75) is 32.1 Å². The van der Waals surface area contributed by atoms with Gasteiger partial charge in [-0.3, -0.25) is 0 Å². The summed E-state index contributed by atoms with van der Waals surface area (Å²) in [5, 5.41) is 3.16. The van der Waals surface area contributed by atoms with E-state index in [1.165, 1.54) is 32.1 Å². The highest BCUT2D eigenvalue weighted by atomic mass is 16.5. The van der Waals surface area contributed by atoms with Crippen LogP contribution in [0.4, 0.5) is 10.5 Å². The molecule has 28 heavy (non-hydrogen) atoms. The van der Waals surface area contributed by atoms with Crippen LogP contribution in [0.25, 0.3) is 11.0 Å². The van der Waals surface area contributed by atoms with Crippen LogP contribution in [0, 0.1) is 11.3 Å². The molecule has 0 atom stereocenters. The summed E-state index contributed by atoms with van der Waals surface area (Å²) in [5.74, 6) is 0.888. The van der Waals surface area contributed by atoms with Gasteiger partial charge >= 0.3 is 12.0 Å². The fourth-order valence-electron chi connectivity index (χ4n) is 4.30. The number of amides is 1. The molecule has 2 aromatic rings. The van der Waals surface area contributed by atoms with Crippen LogP contribution < -0.4 is 15.0 Å². The van der Waals surface area contributed by atoms with Crippen LogP contribution in [0.5, 0.6) is 6.01 Å². The number of fused-ring (bicyclic) bond motifs is 1. The molecule has 7 nitrogen and oxygen atoms in total. The average Bonchev–Trinajstić information content (AvgIpc) is 3.66. The molecule has 0 radical (unpaired) electrons. The van der Waals surface area contributed by atoms with Crippen molar-refractivity contribution in [1.29, 1.82) is 0 Å². The predicted octanol–water partition coefficient (Wildman–Crippen LogP) is 3.02. The smallest absolute Gasteiger partial charge is 0.330 e. The van der Waals surface area contributed by atoms with Crippen molar-refractivity contribution in [1.82, 2.24) is 14.9 Å². The van der Waals surface area contributed by atoms with Crippen molar-refractivity contribution in [3.8, 4) is 6.01 Å². The zero-order valence-electron chi connectivity index (χ0n) is 16.4. The maximum Gasteiger partial charge on any atom is 0.330 e. The van der Waals surface area contributed by atoms with E-state index in [1.54, 1.807) is 11.7 Å². The number of morpholine rings is 1. The van der Waals surface area contributed by atoms with E-state index in [2.05, 4.69) is 21.3 Å². The summed E-state index contributed by atoms with van der Waals surface area (Å²) in [6, 6.07) is 6.23. The maximum atomic E-state index is 13.1. The van der Waals surface area contributed by atoms with Crippen molar-refractivity contribution < 1.29 is 14.3 Å². The summed E-state index contributed by atoms with van der Waals surface area (Å²) in [5.41, 5.74) is 2.97. The summed E-state index contributed by atoms with van der Waals surface area (Å²) < 4.78 is 12.4. The summed E-state index contributed by atoms with van der Waals surface area (Å²) in [6.45, 7) is 3.90. The van der Waals surface area contributed by atoms with Gasteiger partial charge in [0.15, 0.2) is 0 Å². The molecular weight excluding hydrogens is 356 g/mol. The number of imidazole rings is 1. The molecule has 1 aliphatic heterocycles. The van der Waals surface area contributed by atoms with E-state index in [9.17, 15) is 4.79 Å². The molecule has 0 bridgehead atoms. The molecule has 2 saturated carbocycles. The van der Waals surface area contributed by atoms with Gasteiger partial charge in [0.05, 0.1) is 31.4 Å². The van der Waals surface area contributed by atoms with Crippen LogP contribution in [0.3, 0.4) is 0 Å². The molecule has 0 unspecified atom stereocenters. The van der Waals surface area contributed by atoms with Gasteiger partial charge in [-0.2, -0.15) is 4.98 Å². The Morgan fingerprint density at radius 2 is 2.11 bits per heavy atom. The number of methoxy groups -OCH3 is 1. The van der Waals surface area contributed by atoms with Gasteiger partial charge < -0.3 is 19.7 Å². The highest BCUT2D eigenvalue weighted by Gasteiger charge is 2.46. The molecule has 5 rings (SSSR count). The minimum atomic E-state index is -0.152. The van der Waals surface area contributed by atoms with Crippen LogP contribution in [-0.2, 0) is 4.74 Å². The highest BCUT2D eigenvalue weighted by molar-refractivity contribution is 5.92. The second kappa shape index (κ2) is 6.95. The Bertz CT molecular complexity index is 879. The third-order valence-electron chi connectivity index (χ3n) is 6.36. The molecule has 0 spiro atoms. The predicted molar refractivity (Wildman–Crippen MR) is 107 cm³/mol. The fraction of sp³-hybridized carbons (Fsp3) is 0.619. The lowest BCUT2D eigenvalue weighted by Gasteiger charge is -2.28. The minimum Gasteiger partial charge on any atom is -0.468 e. The first-order chi connectivity index (χ1) is 13.7. The summed E-state index contributed by atoms with van der Waals surface area (Å²) in [6.07, 6.45) is 6.44. The van der Waals surface area contributed by atoms with Crippen LogP contribution in [0.2, 0.25) is 0 Å². The maximum absolute atomic E-state index is 13.1. The van der Waals surface area contributed by atoms with Gasteiger partial charge in [0.2, 0.25) is 0 Å². The van der Waals surface area contributed by atoms with E-state index < -0.39 is 0 Å². The van der Waals surface area contributed by atoms with Crippen molar-refractivity contribution in [2.75, 3.05) is 44.9 Å². The van der Waals surface area contributed by atoms with Crippen LogP contribution in [0.1, 0.15) is 32.1 Å². The SMILES string of the molecule is COc1nc2ccc(N3CCOCC3)cc2n1C(=O)NCC1(CC2CC2)CC1. The molecule has 3 aliphatic rings. The molecule has 2 heterocycles. The molecule has 1 aromatic heterocycles. The molecule has 1 N–H and O–H groups in total. The van der Waals surface area contributed by atoms with Crippen molar-refractivity contribution in [3.05, 3.63) is 18.2 Å². The summed E-state index contributed by atoms with van der Waals surface area (Å²) in [7, 11) is 1.56. The number of ether oxygens (including phenoxy) is 2. The lowest BCUT2D eigenvalue weighted by atomic mass is 9.99. The van der Waals surface area contributed by atoms with Crippen LogP contribution >= 0.6 is 0 Å². The van der Waals surface area contributed by atoms with Crippen LogP contribution in [-0.4, -0.2) is 55.5 Å². The number of hydrogen-bond acceptors (Lipinski definition) is 5. The van der Waals surface area contributed by atoms with E-state index in [1.807, 2.05) is 12.1 Å². The van der Waals surface area contributed by atoms with Crippen molar-refractivity contribution in [3.63, 3.8) is 0 Å². The van der Waals surface area contributed by atoms with Gasteiger partial charge in [-0.1, -0.05) is 12.8 Å². The van der Waals surface area contributed by atoms with E-state index in [0.29, 0.717) is 11.4 Å². The van der Waals surface area contributed by atoms with Gasteiger partial charge in [0, 0.05) is 25.3 Å². The number of benzene rings is 1. The van der Waals surface area contributed by atoms with E-state index in [4.69, 9.17) is 9.47 Å². The number of anilines is 1. The van der Waals surface area contributed by atoms with E-state index in [-0.39, 0.29) is 6.03 Å². The van der Waals surface area contributed by atoms with Gasteiger partial charge in [0.25, 0.3) is 0 Å². The second-order valence-corrected chi connectivity index (χ2v) is 8.51. The van der Waals surface area contributed by atoms with Gasteiger partial charge in [0.1, 0.15) is 0 Å². The zero-order chi connectivity index (χ0) is 19.1. The standard InChI is InChI=1S/C21H28N4O3/c1-27-20-23-17-5-4-16(24-8-10-28-11-9-24)12-18(17)25(20)19(26)22-14-21(6-7-21)13-15-2-3-15/h4-5,12,15H,2-3,6-11,13-14H2,1H3,(H,22,26). The average molecular weight is 384 g/mol. The quantitative estimate of drug-likeness (QED) is 0.829. The summed E-state index contributed by atoms with van der Waals surface area (Å²) >= 11 is 0. The lowest BCUT2D eigenvalue weighted by Crippen LogP contribution is -2.36. The first kappa shape index (κ1) is 17.8. The van der Waals surface area contributed by atoms with E-state index in [0.717, 1.165) is 55.5 Å². The number of hydrogen-bond donors (Lipinski definition) is 1. The molecule has 1 saturated heterocycles. The first-order valence-electron chi connectivity index (χ1n) is 10.3.